The number of phenolic OH excluding ortho intramolecular Hbond substituents is 1. The van der Waals surface area contributed by atoms with Crippen LogP contribution in [0.2, 0.25) is 5.02 Å². The molecule has 6 N–H and O–H groups in total. The lowest BCUT2D eigenvalue weighted by molar-refractivity contribution is -0.147. The van der Waals surface area contributed by atoms with Crippen LogP contribution in [0, 0.1) is 17.8 Å². The van der Waals surface area contributed by atoms with Crippen molar-refractivity contribution in [2.24, 2.45) is 23.5 Å². The Morgan fingerprint density at radius 1 is 1.24 bits per heavy atom. The molecule has 0 aliphatic heterocycles. The number of Topliss-reactive ketones (excluding diaryl/α,β-unsaturated/α-hetero) is 2. The van der Waals surface area contributed by atoms with Crippen molar-refractivity contribution in [3.8, 4) is 5.75 Å². The Balaban J connectivity index is 1.57. The molecule has 1 aromatic rings. The first-order chi connectivity index (χ1) is 17.9. The van der Waals surface area contributed by atoms with Gasteiger partial charge in [0.25, 0.3) is 5.91 Å². The number of rotatable bonds is 7. The van der Waals surface area contributed by atoms with E-state index in [4.69, 9.17) is 17.3 Å². The van der Waals surface area contributed by atoms with Crippen molar-refractivity contribution in [2.45, 2.75) is 70.6 Å². The first-order valence-electron chi connectivity index (χ1n) is 13.1. The first kappa shape index (κ1) is 26.7. The van der Waals surface area contributed by atoms with Crippen molar-refractivity contribution in [1.29, 1.82) is 0 Å². The molecule has 2 saturated carbocycles. The Morgan fingerprint density at radius 3 is 2.53 bits per heavy atom. The molecule has 1 aromatic carbocycles. The molecular formula is C28H33ClN2O7. The zero-order chi connectivity index (χ0) is 27.7. The van der Waals surface area contributed by atoms with Crippen molar-refractivity contribution < 1.29 is 34.8 Å². The van der Waals surface area contributed by atoms with Gasteiger partial charge in [-0.25, -0.2) is 0 Å². The molecule has 4 aliphatic rings. The molecule has 5 rings (SSSR count). The fraction of sp³-hybridized carbons (Fsp3) is 0.536. The number of ketones is 2. The number of hydrogen-bond donors (Lipinski definition) is 5. The van der Waals surface area contributed by atoms with Gasteiger partial charge in [0, 0.05) is 42.1 Å². The van der Waals surface area contributed by atoms with E-state index >= 15 is 0 Å². The van der Waals surface area contributed by atoms with Crippen molar-refractivity contribution in [3.63, 3.8) is 0 Å². The molecule has 0 spiro atoms. The molecule has 2 fully saturated rings. The van der Waals surface area contributed by atoms with Gasteiger partial charge in [0.05, 0.1) is 5.56 Å². The van der Waals surface area contributed by atoms with Gasteiger partial charge < -0.3 is 26.2 Å². The monoisotopic (exact) mass is 544 g/mol. The van der Waals surface area contributed by atoms with E-state index in [9.17, 15) is 34.8 Å². The van der Waals surface area contributed by atoms with Crippen LogP contribution in [0.25, 0.3) is 5.76 Å². The molecule has 10 heteroatoms. The van der Waals surface area contributed by atoms with Crippen LogP contribution in [-0.2, 0) is 27.3 Å². The molecular weight excluding hydrogens is 512 g/mol. The third-order valence-electron chi connectivity index (χ3n) is 8.85. The number of aliphatic hydroxyl groups is 3. The Morgan fingerprint density at radius 2 is 1.92 bits per heavy atom. The number of fused-ring (bicyclic) bond motifs is 3. The summed E-state index contributed by atoms with van der Waals surface area (Å²) in [5.41, 5.74) is 2.91. The van der Waals surface area contributed by atoms with E-state index in [-0.39, 0.29) is 36.1 Å². The number of carbonyl (C=O) groups excluding carboxylic acids is 3. The molecule has 4 atom stereocenters. The predicted molar refractivity (Wildman–Crippen MR) is 139 cm³/mol. The maximum Gasteiger partial charge on any atom is 0.255 e. The summed E-state index contributed by atoms with van der Waals surface area (Å²) in [6, 6.07) is 1.82. The summed E-state index contributed by atoms with van der Waals surface area (Å²) in [5, 5.41) is 44.6. The van der Waals surface area contributed by atoms with Crippen molar-refractivity contribution in [1.82, 2.24) is 4.90 Å². The second-order valence-corrected chi connectivity index (χ2v) is 11.6. The lowest BCUT2D eigenvalue weighted by Gasteiger charge is -2.46. The summed E-state index contributed by atoms with van der Waals surface area (Å²) in [6.45, 7) is 5.74. The number of hydrogen-bond acceptors (Lipinski definition) is 8. The Labute approximate surface area is 225 Å². The standard InChI is InChI=1S/C28H33ClN2O7/c1-3-12(2)31(10-13-4-5-13)11-15-8-18(32)21-17(23(15)29)7-14-6-16-9-19(33)22(27(30)37)26(36)28(16,38)25(35)20(14)24(21)34/h8,12-14,16,32,34,36,38H,3-7,9-11H2,1-2H3,(H2,30,37)/t12?,14?,16-,28-/m0/s1. The smallest absolute Gasteiger partial charge is 0.255 e. The summed E-state index contributed by atoms with van der Waals surface area (Å²) in [5.74, 6) is -5.82. The zero-order valence-electron chi connectivity index (χ0n) is 21.5. The van der Waals surface area contributed by atoms with E-state index in [2.05, 4.69) is 18.7 Å². The highest BCUT2D eigenvalue weighted by molar-refractivity contribution is 6.32. The van der Waals surface area contributed by atoms with Gasteiger partial charge in [-0.1, -0.05) is 18.5 Å². The maximum atomic E-state index is 13.6. The number of primary amides is 1. The van der Waals surface area contributed by atoms with Gasteiger partial charge in [0.2, 0.25) is 5.78 Å². The lowest BCUT2D eigenvalue weighted by atomic mass is 9.59. The van der Waals surface area contributed by atoms with Crippen LogP contribution in [0.3, 0.4) is 0 Å². The maximum absolute atomic E-state index is 13.6. The third-order valence-corrected chi connectivity index (χ3v) is 9.32. The van der Waals surface area contributed by atoms with Gasteiger partial charge in [-0.3, -0.25) is 19.3 Å². The van der Waals surface area contributed by atoms with Gasteiger partial charge in [0.15, 0.2) is 11.4 Å². The van der Waals surface area contributed by atoms with Crippen LogP contribution >= 0.6 is 11.6 Å². The fourth-order valence-corrected chi connectivity index (χ4v) is 6.63. The predicted octanol–water partition coefficient (Wildman–Crippen LogP) is 3.09. The molecule has 204 valence electrons. The largest absolute Gasteiger partial charge is 0.508 e. The van der Waals surface area contributed by atoms with Crippen LogP contribution in [0.1, 0.15) is 62.6 Å². The quantitative estimate of drug-likeness (QED) is 0.327. The number of halogens is 1. The van der Waals surface area contributed by atoms with Crippen LogP contribution in [0.15, 0.2) is 23.0 Å². The van der Waals surface area contributed by atoms with E-state index in [0.717, 1.165) is 18.5 Å². The van der Waals surface area contributed by atoms with Crippen molar-refractivity contribution >= 4 is 34.8 Å². The first-order valence-corrected chi connectivity index (χ1v) is 13.5. The average molecular weight is 545 g/mol. The minimum Gasteiger partial charge on any atom is -0.508 e. The topological polar surface area (TPSA) is 161 Å². The summed E-state index contributed by atoms with van der Waals surface area (Å²) in [7, 11) is 0. The van der Waals surface area contributed by atoms with Gasteiger partial charge in [0.1, 0.15) is 22.8 Å². The summed E-state index contributed by atoms with van der Waals surface area (Å²) in [6.07, 6.45) is 3.28. The fourth-order valence-electron chi connectivity index (χ4n) is 6.35. The molecule has 4 aliphatic carbocycles. The molecule has 0 radical (unpaired) electrons. The van der Waals surface area contributed by atoms with Gasteiger partial charge >= 0.3 is 0 Å². The molecule has 9 nitrogen and oxygen atoms in total. The normalized spacial score (nSPS) is 27.8. The van der Waals surface area contributed by atoms with E-state index < -0.39 is 52.0 Å². The number of phenols is 1. The highest BCUT2D eigenvalue weighted by Crippen LogP contribution is 2.53. The second-order valence-electron chi connectivity index (χ2n) is 11.3. The number of nitrogens with two attached hydrogens (primary N) is 1. The van der Waals surface area contributed by atoms with Crippen molar-refractivity contribution in [2.75, 3.05) is 6.54 Å². The molecule has 1 amide bonds. The molecule has 38 heavy (non-hydrogen) atoms. The van der Waals surface area contributed by atoms with E-state index in [1.165, 1.54) is 18.9 Å². The van der Waals surface area contributed by atoms with E-state index in [1.54, 1.807) is 0 Å². The summed E-state index contributed by atoms with van der Waals surface area (Å²) >= 11 is 6.88. The average Bonchev–Trinajstić information content (AvgIpc) is 3.67. The molecule has 0 heterocycles. The Bertz CT molecular complexity index is 1310. The number of aromatic hydroxyl groups is 1. The Kier molecular flexibility index (Phi) is 6.60. The van der Waals surface area contributed by atoms with Crippen LogP contribution in [0.5, 0.6) is 5.75 Å². The Hall–Kier alpha value is -2.88. The molecule has 0 bridgehead atoms. The molecule has 0 saturated heterocycles. The molecule has 2 unspecified atom stereocenters. The number of aliphatic hydroxyl groups excluding tert-OH is 2. The van der Waals surface area contributed by atoms with E-state index in [1.807, 2.05) is 0 Å². The number of carbonyl (C=O) groups is 3. The minimum absolute atomic E-state index is 0.0168. The number of amides is 1. The highest BCUT2D eigenvalue weighted by Gasteiger charge is 2.60. The van der Waals surface area contributed by atoms with Crippen LogP contribution in [0.4, 0.5) is 0 Å². The lowest BCUT2D eigenvalue weighted by Crippen LogP contribution is -2.58. The van der Waals surface area contributed by atoms with Gasteiger partial charge in [-0.05, 0) is 68.1 Å². The number of benzene rings is 1. The van der Waals surface area contributed by atoms with Crippen LogP contribution < -0.4 is 5.73 Å². The third kappa shape index (κ3) is 4.03. The highest BCUT2D eigenvalue weighted by atomic mass is 35.5. The summed E-state index contributed by atoms with van der Waals surface area (Å²) < 4.78 is 0. The minimum atomic E-state index is -2.57. The SMILES string of the molecule is CCC(C)N(Cc1cc(O)c2c(c1Cl)CC1C[C@H]3CC(=O)C(C(N)=O)=C(O)[C@@]3(O)C(=O)C1=C2O)CC1CC1. The van der Waals surface area contributed by atoms with Crippen LogP contribution in [-0.4, -0.2) is 61.0 Å². The van der Waals surface area contributed by atoms with E-state index in [0.29, 0.717) is 29.1 Å². The second kappa shape index (κ2) is 9.39. The van der Waals surface area contributed by atoms with Gasteiger partial charge in [-0.2, -0.15) is 0 Å². The molecule has 0 aromatic heterocycles. The van der Waals surface area contributed by atoms with Crippen molar-refractivity contribution in [3.05, 3.63) is 44.7 Å². The van der Waals surface area contributed by atoms with Gasteiger partial charge in [-0.15, -0.1) is 0 Å². The number of nitrogens with zero attached hydrogens (tertiary/aromatic N) is 1. The summed E-state index contributed by atoms with van der Waals surface area (Å²) in [4.78, 5) is 40.2. The zero-order valence-corrected chi connectivity index (χ0v) is 22.2.